The first-order valence-corrected chi connectivity index (χ1v) is 3.99. The summed E-state index contributed by atoms with van der Waals surface area (Å²) in [6.07, 6.45) is 1.51. The van der Waals surface area contributed by atoms with Gasteiger partial charge in [0.1, 0.15) is 0 Å². The van der Waals surface area contributed by atoms with Crippen LogP contribution in [-0.4, -0.2) is 26.2 Å². The van der Waals surface area contributed by atoms with Gasteiger partial charge in [0.2, 0.25) is 0 Å². The minimum atomic E-state index is 0.375. The van der Waals surface area contributed by atoms with Crippen molar-refractivity contribution in [3.05, 3.63) is 0 Å². The van der Waals surface area contributed by atoms with E-state index in [-0.39, 0.29) is 0 Å². The van der Waals surface area contributed by atoms with Gasteiger partial charge in [-0.1, -0.05) is 0 Å². The van der Waals surface area contributed by atoms with Crippen molar-refractivity contribution in [2.75, 3.05) is 13.7 Å². The minimum Gasteiger partial charge on any atom is -0.471 e. The molecule has 1 saturated heterocycles. The number of hydrogen-bond donors (Lipinski definition) is 1. The van der Waals surface area contributed by atoms with E-state index < -0.39 is 0 Å². The molecule has 0 aromatic carbocycles. The maximum atomic E-state index is 8.95. The first-order valence-electron chi connectivity index (χ1n) is 3.99. The summed E-state index contributed by atoms with van der Waals surface area (Å²) in [6.45, 7) is 3.96. The molecule has 1 aliphatic carbocycles. The van der Waals surface area contributed by atoms with Gasteiger partial charge in [-0.15, -0.1) is 0 Å². The monoisotopic (exact) mass is 157 g/mol. The highest BCUT2D eigenvalue weighted by atomic mass is 16.5. The Labute approximate surface area is 67.1 Å². The van der Waals surface area contributed by atoms with E-state index in [1.54, 1.807) is 0 Å². The van der Waals surface area contributed by atoms with Crippen LogP contribution in [0.5, 0.6) is 0 Å². The number of piperidine rings is 1. The van der Waals surface area contributed by atoms with Crippen LogP contribution in [0.25, 0.3) is 0 Å². The SMILES string of the molecule is CC1NCC2CC21.COC=O. The molecule has 2 aliphatic rings. The second-order valence-electron chi connectivity index (χ2n) is 3.19. The van der Waals surface area contributed by atoms with E-state index in [1.165, 1.54) is 20.1 Å². The highest BCUT2D eigenvalue weighted by molar-refractivity contribution is 5.36. The molecule has 1 aliphatic heterocycles. The Morgan fingerprint density at radius 1 is 1.64 bits per heavy atom. The van der Waals surface area contributed by atoms with Crippen molar-refractivity contribution >= 4 is 6.47 Å². The number of fused-ring (bicyclic) bond motifs is 1. The maximum Gasteiger partial charge on any atom is 0.292 e. The van der Waals surface area contributed by atoms with E-state index in [0.717, 1.165) is 17.9 Å². The molecular weight excluding hydrogens is 142 g/mol. The van der Waals surface area contributed by atoms with Crippen molar-refractivity contribution in [3.63, 3.8) is 0 Å². The Morgan fingerprint density at radius 2 is 2.27 bits per heavy atom. The molecule has 1 heterocycles. The fourth-order valence-corrected chi connectivity index (χ4v) is 1.61. The van der Waals surface area contributed by atoms with Gasteiger partial charge >= 0.3 is 0 Å². The van der Waals surface area contributed by atoms with Gasteiger partial charge in [-0.05, 0) is 31.7 Å². The number of rotatable bonds is 1. The highest BCUT2D eigenvalue weighted by Gasteiger charge is 2.45. The summed E-state index contributed by atoms with van der Waals surface area (Å²) in [5.74, 6) is 2.15. The van der Waals surface area contributed by atoms with Crippen molar-refractivity contribution in [1.29, 1.82) is 0 Å². The van der Waals surface area contributed by atoms with Crippen molar-refractivity contribution in [3.8, 4) is 0 Å². The zero-order valence-corrected chi connectivity index (χ0v) is 7.04. The Morgan fingerprint density at radius 3 is 2.36 bits per heavy atom. The predicted octanol–water partition coefficient (Wildman–Crippen LogP) is 0.403. The Kier molecular flexibility index (Phi) is 2.88. The second kappa shape index (κ2) is 3.72. The Hall–Kier alpha value is -0.570. The van der Waals surface area contributed by atoms with Crippen LogP contribution in [0, 0.1) is 11.8 Å². The zero-order valence-electron chi connectivity index (χ0n) is 7.04. The topological polar surface area (TPSA) is 38.3 Å². The molecule has 0 aromatic heterocycles. The number of hydrogen-bond acceptors (Lipinski definition) is 3. The summed E-state index contributed by atoms with van der Waals surface area (Å²) in [6, 6.07) is 0.838. The van der Waals surface area contributed by atoms with Gasteiger partial charge in [0.05, 0.1) is 7.11 Å². The summed E-state index contributed by atoms with van der Waals surface area (Å²) in [7, 11) is 1.31. The summed E-state index contributed by atoms with van der Waals surface area (Å²) in [4.78, 5) is 8.95. The first kappa shape index (κ1) is 8.53. The lowest BCUT2D eigenvalue weighted by molar-refractivity contribution is -0.126. The quantitative estimate of drug-likeness (QED) is 0.560. The summed E-state index contributed by atoms with van der Waals surface area (Å²) in [5.41, 5.74) is 0. The Balaban J connectivity index is 0.000000134. The third-order valence-electron chi connectivity index (χ3n) is 2.42. The predicted molar refractivity (Wildman–Crippen MR) is 42.1 cm³/mol. The van der Waals surface area contributed by atoms with E-state index in [9.17, 15) is 0 Å². The van der Waals surface area contributed by atoms with Gasteiger partial charge < -0.3 is 10.1 Å². The van der Waals surface area contributed by atoms with Crippen LogP contribution in [-0.2, 0) is 9.53 Å². The van der Waals surface area contributed by atoms with E-state index in [2.05, 4.69) is 17.0 Å². The number of nitrogens with one attached hydrogen (secondary N) is 1. The number of methoxy groups -OCH3 is 1. The van der Waals surface area contributed by atoms with Gasteiger partial charge in [-0.3, -0.25) is 4.79 Å². The molecule has 3 atom stereocenters. The van der Waals surface area contributed by atoms with E-state index in [1.807, 2.05) is 0 Å². The maximum absolute atomic E-state index is 8.95. The van der Waals surface area contributed by atoms with Gasteiger partial charge in [-0.25, -0.2) is 0 Å². The van der Waals surface area contributed by atoms with Gasteiger partial charge in [0, 0.05) is 6.04 Å². The molecule has 0 radical (unpaired) electrons. The fourth-order valence-electron chi connectivity index (χ4n) is 1.61. The van der Waals surface area contributed by atoms with E-state index >= 15 is 0 Å². The lowest BCUT2D eigenvalue weighted by Crippen LogP contribution is -2.21. The van der Waals surface area contributed by atoms with Gasteiger partial charge in [0.15, 0.2) is 0 Å². The fraction of sp³-hybridized carbons (Fsp3) is 0.875. The molecule has 2 rings (SSSR count). The average Bonchev–Trinajstić information content (AvgIpc) is 2.74. The average molecular weight is 157 g/mol. The number of carbonyl (C=O) groups excluding carboxylic acids is 1. The zero-order chi connectivity index (χ0) is 8.27. The van der Waals surface area contributed by atoms with Crippen LogP contribution in [0.1, 0.15) is 13.3 Å². The Bertz CT molecular complexity index is 138. The van der Waals surface area contributed by atoms with Crippen molar-refractivity contribution < 1.29 is 9.53 Å². The van der Waals surface area contributed by atoms with Crippen LogP contribution in [0.2, 0.25) is 0 Å². The minimum absolute atomic E-state index is 0.375. The molecule has 2 fully saturated rings. The van der Waals surface area contributed by atoms with Crippen LogP contribution < -0.4 is 5.32 Å². The van der Waals surface area contributed by atoms with Crippen molar-refractivity contribution in [2.45, 2.75) is 19.4 Å². The van der Waals surface area contributed by atoms with Crippen LogP contribution in [0.4, 0.5) is 0 Å². The lowest BCUT2D eigenvalue weighted by atomic mass is 10.2. The molecule has 1 N–H and O–H groups in total. The standard InChI is InChI=1S/C6H11N.C2H4O2/c1-4-6-2-5(6)3-7-4;1-4-2-3/h4-7H,2-3H2,1H3;2H,1H3. The first-order chi connectivity index (χ1) is 5.29. The smallest absolute Gasteiger partial charge is 0.292 e. The molecule has 0 spiro atoms. The molecule has 64 valence electrons. The van der Waals surface area contributed by atoms with Crippen LogP contribution >= 0.6 is 0 Å². The normalized spacial score (nSPS) is 38.2. The van der Waals surface area contributed by atoms with E-state index in [0.29, 0.717) is 6.47 Å². The highest BCUT2D eigenvalue weighted by Crippen LogP contribution is 2.44. The van der Waals surface area contributed by atoms with Gasteiger partial charge in [-0.2, -0.15) is 0 Å². The molecule has 1 saturated carbocycles. The molecule has 11 heavy (non-hydrogen) atoms. The summed E-state index contributed by atoms with van der Waals surface area (Å²) < 4.78 is 3.86. The third-order valence-corrected chi connectivity index (χ3v) is 2.42. The molecule has 3 heteroatoms. The van der Waals surface area contributed by atoms with E-state index in [4.69, 9.17) is 4.79 Å². The summed E-state index contributed by atoms with van der Waals surface area (Å²) >= 11 is 0. The molecule has 3 unspecified atom stereocenters. The van der Waals surface area contributed by atoms with Crippen molar-refractivity contribution in [2.24, 2.45) is 11.8 Å². The number of ether oxygens (including phenoxy) is 1. The second-order valence-corrected chi connectivity index (χ2v) is 3.19. The van der Waals surface area contributed by atoms with Gasteiger partial charge in [0.25, 0.3) is 6.47 Å². The molecular formula is C8H15NO2. The third kappa shape index (κ3) is 2.19. The van der Waals surface area contributed by atoms with Crippen LogP contribution in [0.3, 0.4) is 0 Å². The van der Waals surface area contributed by atoms with Crippen LogP contribution in [0.15, 0.2) is 0 Å². The summed E-state index contributed by atoms with van der Waals surface area (Å²) in [5, 5.41) is 3.42. The largest absolute Gasteiger partial charge is 0.471 e. The van der Waals surface area contributed by atoms with Crippen molar-refractivity contribution in [1.82, 2.24) is 5.32 Å². The molecule has 0 bridgehead atoms. The number of carbonyl (C=O) groups is 1. The lowest BCUT2D eigenvalue weighted by Gasteiger charge is -2.01. The molecule has 3 nitrogen and oxygen atoms in total. The molecule has 0 amide bonds. The molecule has 0 aromatic rings.